The van der Waals surface area contributed by atoms with Crippen LogP contribution in [0.5, 0.6) is 0 Å². The molecule has 0 spiro atoms. The van der Waals surface area contributed by atoms with Crippen LogP contribution in [0.3, 0.4) is 0 Å². The van der Waals surface area contributed by atoms with Crippen molar-refractivity contribution in [1.29, 1.82) is 0 Å². The molecule has 0 amide bonds. The number of hydrogen-bond donors (Lipinski definition) is 2. The van der Waals surface area contributed by atoms with Crippen LogP contribution in [0.25, 0.3) is 5.52 Å². The quantitative estimate of drug-likeness (QED) is 0.823. The zero-order valence-electron chi connectivity index (χ0n) is 8.65. The van der Waals surface area contributed by atoms with Crippen molar-refractivity contribution in [2.75, 3.05) is 18.8 Å². The molecule has 2 aromatic rings. The molecular weight excluding hydrogens is 270 g/mol. The van der Waals surface area contributed by atoms with Gasteiger partial charge in [0.1, 0.15) is 15.9 Å². The summed E-state index contributed by atoms with van der Waals surface area (Å²) in [6.45, 7) is 2.03. The molecule has 5 nitrogen and oxygen atoms in total. The van der Waals surface area contributed by atoms with Gasteiger partial charge >= 0.3 is 0 Å². The van der Waals surface area contributed by atoms with Gasteiger partial charge in [-0.1, -0.05) is 0 Å². The number of rotatable bonds is 1. The highest BCUT2D eigenvalue weighted by atomic mass is 79.9. The van der Waals surface area contributed by atoms with E-state index in [2.05, 4.69) is 31.2 Å². The number of aromatic nitrogens is 3. The van der Waals surface area contributed by atoms with Gasteiger partial charge in [-0.3, -0.25) is 4.40 Å². The first-order valence-corrected chi connectivity index (χ1v) is 6.05. The molecule has 0 bridgehead atoms. The zero-order valence-corrected chi connectivity index (χ0v) is 10.2. The minimum Gasteiger partial charge on any atom is -0.382 e. The Labute approximate surface area is 101 Å². The summed E-state index contributed by atoms with van der Waals surface area (Å²) >= 11 is 3.44. The van der Waals surface area contributed by atoms with Crippen LogP contribution < -0.4 is 11.1 Å². The molecule has 84 valence electrons. The molecule has 1 fully saturated rings. The van der Waals surface area contributed by atoms with E-state index >= 15 is 0 Å². The van der Waals surface area contributed by atoms with Crippen LogP contribution in [-0.2, 0) is 0 Å². The van der Waals surface area contributed by atoms with Gasteiger partial charge in [-0.2, -0.15) is 0 Å². The molecule has 0 aromatic carbocycles. The van der Waals surface area contributed by atoms with Gasteiger partial charge in [0.2, 0.25) is 0 Å². The first kappa shape index (κ1) is 10.0. The number of fused-ring (bicyclic) bond motifs is 1. The first-order valence-electron chi connectivity index (χ1n) is 5.26. The van der Waals surface area contributed by atoms with Crippen LogP contribution in [0.2, 0.25) is 0 Å². The summed E-state index contributed by atoms with van der Waals surface area (Å²) in [5.41, 5.74) is 6.72. The summed E-state index contributed by atoms with van der Waals surface area (Å²) < 4.78 is 2.81. The lowest BCUT2D eigenvalue weighted by Crippen LogP contribution is -2.10. The molecule has 0 radical (unpaired) electrons. The predicted molar refractivity (Wildman–Crippen MR) is 65.3 cm³/mol. The summed E-state index contributed by atoms with van der Waals surface area (Å²) in [4.78, 5) is 8.63. The second-order valence-corrected chi connectivity index (χ2v) is 4.73. The fraction of sp³-hybridized carbons (Fsp3) is 0.400. The number of nitrogens with zero attached hydrogens (tertiary/aromatic N) is 3. The summed E-state index contributed by atoms with van der Waals surface area (Å²) in [7, 11) is 0. The third-order valence-corrected chi connectivity index (χ3v) is 3.55. The Morgan fingerprint density at radius 3 is 3.19 bits per heavy atom. The number of hydrogen-bond acceptors (Lipinski definition) is 4. The zero-order chi connectivity index (χ0) is 11.1. The first-order chi connectivity index (χ1) is 7.77. The van der Waals surface area contributed by atoms with Crippen molar-refractivity contribution in [3.05, 3.63) is 22.8 Å². The normalized spacial score (nSPS) is 20.7. The highest BCUT2D eigenvalue weighted by molar-refractivity contribution is 9.10. The van der Waals surface area contributed by atoms with Crippen LogP contribution >= 0.6 is 15.9 Å². The van der Waals surface area contributed by atoms with Crippen molar-refractivity contribution in [2.24, 2.45) is 0 Å². The fourth-order valence-corrected chi connectivity index (χ4v) is 2.78. The molecule has 16 heavy (non-hydrogen) atoms. The summed E-state index contributed by atoms with van der Waals surface area (Å²) in [6.07, 6.45) is 4.74. The molecule has 0 aliphatic carbocycles. The number of halogens is 1. The van der Waals surface area contributed by atoms with E-state index in [9.17, 15) is 0 Å². The van der Waals surface area contributed by atoms with Gasteiger partial charge in [-0.25, -0.2) is 9.97 Å². The molecule has 1 aliphatic heterocycles. The highest BCUT2D eigenvalue weighted by Crippen LogP contribution is 2.28. The lowest BCUT2D eigenvalue weighted by atomic mass is 10.1. The van der Waals surface area contributed by atoms with Gasteiger partial charge in [0.15, 0.2) is 5.82 Å². The summed E-state index contributed by atoms with van der Waals surface area (Å²) in [5, 5.41) is 3.34. The molecule has 0 unspecified atom stereocenters. The third-order valence-electron chi connectivity index (χ3n) is 2.99. The van der Waals surface area contributed by atoms with Crippen molar-refractivity contribution in [2.45, 2.75) is 12.3 Å². The van der Waals surface area contributed by atoms with E-state index in [1.54, 1.807) is 6.20 Å². The van der Waals surface area contributed by atoms with Gasteiger partial charge < -0.3 is 11.1 Å². The second kappa shape index (κ2) is 3.71. The van der Waals surface area contributed by atoms with Crippen molar-refractivity contribution in [3.8, 4) is 0 Å². The summed E-state index contributed by atoms with van der Waals surface area (Å²) in [6, 6.07) is 0. The Hall–Kier alpha value is -1.14. The maximum atomic E-state index is 5.85. The molecule has 1 aliphatic rings. The van der Waals surface area contributed by atoms with Gasteiger partial charge in [0.05, 0.1) is 0 Å². The van der Waals surface area contributed by atoms with Crippen molar-refractivity contribution in [3.63, 3.8) is 0 Å². The average Bonchev–Trinajstić information content (AvgIpc) is 2.86. The topological polar surface area (TPSA) is 68.2 Å². The van der Waals surface area contributed by atoms with Gasteiger partial charge in [-0.15, -0.1) is 0 Å². The van der Waals surface area contributed by atoms with Crippen molar-refractivity contribution < 1.29 is 0 Å². The molecule has 3 heterocycles. The van der Waals surface area contributed by atoms with E-state index in [4.69, 9.17) is 5.73 Å². The molecular formula is C10H12BrN5. The molecule has 0 saturated carbocycles. The second-order valence-electron chi connectivity index (χ2n) is 3.98. The monoisotopic (exact) mass is 281 g/mol. The number of imidazole rings is 1. The van der Waals surface area contributed by atoms with Crippen LogP contribution in [-0.4, -0.2) is 27.5 Å². The van der Waals surface area contributed by atoms with E-state index in [-0.39, 0.29) is 0 Å². The molecule has 6 heteroatoms. The lowest BCUT2D eigenvalue weighted by molar-refractivity contribution is 0.697. The van der Waals surface area contributed by atoms with Crippen LogP contribution in [0.15, 0.2) is 17.0 Å². The van der Waals surface area contributed by atoms with E-state index in [0.717, 1.165) is 35.5 Å². The molecule has 3 rings (SSSR count). The maximum Gasteiger partial charge on any atom is 0.150 e. The Bertz CT molecular complexity index is 529. The summed E-state index contributed by atoms with van der Waals surface area (Å²) in [5.74, 6) is 2.03. The van der Waals surface area contributed by atoms with Crippen LogP contribution in [0, 0.1) is 0 Å². The van der Waals surface area contributed by atoms with Crippen molar-refractivity contribution >= 4 is 27.3 Å². The Kier molecular flexibility index (Phi) is 2.33. The smallest absolute Gasteiger partial charge is 0.150 e. The van der Waals surface area contributed by atoms with E-state index < -0.39 is 0 Å². The Morgan fingerprint density at radius 1 is 1.56 bits per heavy atom. The largest absolute Gasteiger partial charge is 0.382 e. The molecule has 2 aromatic heterocycles. The van der Waals surface area contributed by atoms with Crippen LogP contribution in [0.4, 0.5) is 5.82 Å². The minimum atomic E-state index is 0.459. The Morgan fingerprint density at radius 2 is 2.44 bits per heavy atom. The van der Waals surface area contributed by atoms with Crippen LogP contribution in [0.1, 0.15) is 18.2 Å². The Balaban J connectivity index is 2.22. The number of nitrogen functional groups attached to an aromatic ring is 1. The predicted octanol–water partition coefficient (Wildman–Crippen LogP) is 1.15. The molecule has 1 saturated heterocycles. The van der Waals surface area contributed by atoms with Gasteiger partial charge in [0, 0.05) is 24.9 Å². The van der Waals surface area contributed by atoms with E-state index in [0.29, 0.717) is 11.7 Å². The van der Waals surface area contributed by atoms with Gasteiger partial charge in [-0.05, 0) is 28.9 Å². The number of anilines is 1. The SMILES string of the molecule is Nc1nccn2c([C@@H]3CCNC3)nc(Br)c12. The number of nitrogens with two attached hydrogens (primary N) is 1. The molecule has 1 atom stereocenters. The van der Waals surface area contributed by atoms with Crippen molar-refractivity contribution in [1.82, 2.24) is 19.7 Å². The fourth-order valence-electron chi connectivity index (χ4n) is 2.21. The van der Waals surface area contributed by atoms with E-state index in [1.807, 2.05) is 10.6 Å². The third kappa shape index (κ3) is 1.41. The lowest BCUT2D eigenvalue weighted by Gasteiger charge is -2.06. The number of nitrogens with one attached hydrogen (secondary N) is 1. The highest BCUT2D eigenvalue weighted by Gasteiger charge is 2.23. The molecule has 3 N–H and O–H groups in total. The van der Waals surface area contributed by atoms with E-state index in [1.165, 1.54) is 0 Å². The minimum absolute atomic E-state index is 0.459. The van der Waals surface area contributed by atoms with Gasteiger partial charge in [0.25, 0.3) is 0 Å². The maximum absolute atomic E-state index is 5.85. The average molecular weight is 282 g/mol. The standard InChI is InChI=1S/C10H12BrN5/c11-8-7-9(12)14-3-4-16(7)10(15-8)6-1-2-13-5-6/h3-4,6,13H,1-2,5H2,(H2,12,14)/t6-/m1/s1.